The van der Waals surface area contributed by atoms with Crippen molar-refractivity contribution in [3.63, 3.8) is 0 Å². The van der Waals surface area contributed by atoms with Crippen molar-refractivity contribution < 1.29 is 9.90 Å². The molecular weight excluding hydrogens is 376 g/mol. The lowest BCUT2D eigenvalue weighted by Gasteiger charge is -2.30. The van der Waals surface area contributed by atoms with Crippen molar-refractivity contribution in [3.8, 4) is 6.07 Å². The summed E-state index contributed by atoms with van der Waals surface area (Å²) in [6.07, 6.45) is 8.76. The molecule has 1 fully saturated rings. The summed E-state index contributed by atoms with van der Waals surface area (Å²) in [5.41, 5.74) is 3.16. The molecule has 0 atom stereocenters. The molecule has 154 valence electrons. The van der Waals surface area contributed by atoms with E-state index in [0.717, 1.165) is 56.1 Å². The number of allylic oxidation sites excluding steroid dienone is 3. The number of nitrogens with one attached hydrogen (secondary N) is 1. The van der Waals surface area contributed by atoms with Gasteiger partial charge in [-0.15, -0.1) is 0 Å². The summed E-state index contributed by atoms with van der Waals surface area (Å²) in [7, 11) is 0. The number of carbonyl (C=O) groups excluding carboxylic acids is 1. The first-order chi connectivity index (χ1) is 14.3. The van der Waals surface area contributed by atoms with Crippen molar-refractivity contribution in [3.05, 3.63) is 41.1 Å². The normalized spacial score (nSPS) is 21.5. The van der Waals surface area contributed by atoms with Gasteiger partial charge in [-0.3, -0.25) is 4.79 Å². The van der Waals surface area contributed by atoms with Crippen LogP contribution in [0.25, 0.3) is 5.57 Å². The highest BCUT2D eigenvalue weighted by Crippen LogP contribution is 2.43. The zero-order valence-electron chi connectivity index (χ0n) is 17.5. The number of aliphatic imine (C=N–C) groups is 2. The van der Waals surface area contributed by atoms with Gasteiger partial charge in [0.15, 0.2) is 0 Å². The summed E-state index contributed by atoms with van der Waals surface area (Å²) in [5.74, 6) is 1.88. The molecule has 1 amide bonds. The number of aliphatic hydroxyl groups is 1. The van der Waals surface area contributed by atoms with Gasteiger partial charge >= 0.3 is 0 Å². The minimum Gasteiger partial charge on any atom is -0.385 e. The molecule has 4 rings (SSSR count). The summed E-state index contributed by atoms with van der Waals surface area (Å²) in [5, 5.41) is 22.9. The quantitative estimate of drug-likeness (QED) is 0.777. The van der Waals surface area contributed by atoms with Gasteiger partial charge in [0.25, 0.3) is 5.91 Å². The van der Waals surface area contributed by atoms with Crippen molar-refractivity contribution >= 4 is 28.9 Å². The first-order valence-corrected chi connectivity index (χ1v) is 10.5. The zero-order valence-corrected chi connectivity index (χ0v) is 17.5. The number of nitrogens with zero attached hydrogens (tertiary/aromatic N) is 3. The average Bonchev–Trinajstić information content (AvgIpc) is 3.38. The smallest absolute Gasteiger partial charge is 0.294 e. The topological polar surface area (TPSA) is 97.8 Å². The third-order valence-electron chi connectivity index (χ3n) is 6.35. The fourth-order valence-electron chi connectivity index (χ4n) is 4.37. The monoisotopic (exact) mass is 402 g/mol. The van der Waals surface area contributed by atoms with Gasteiger partial charge in [0.1, 0.15) is 6.07 Å². The van der Waals surface area contributed by atoms with Gasteiger partial charge in [-0.2, -0.15) is 10.3 Å². The number of nitriles is 1. The van der Waals surface area contributed by atoms with Crippen LogP contribution in [0.3, 0.4) is 0 Å². The summed E-state index contributed by atoms with van der Waals surface area (Å²) in [6, 6.07) is 7.62. The maximum Gasteiger partial charge on any atom is 0.294 e. The van der Waals surface area contributed by atoms with E-state index >= 15 is 0 Å². The Morgan fingerprint density at radius 2 is 2.03 bits per heavy atom. The predicted molar refractivity (Wildman–Crippen MR) is 117 cm³/mol. The number of anilines is 1. The molecule has 6 nitrogen and oxygen atoms in total. The van der Waals surface area contributed by atoms with Crippen molar-refractivity contribution in [2.45, 2.75) is 64.4 Å². The molecule has 2 N–H and O–H groups in total. The Morgan fingerprint density at radius 1 is 1.27 bits per heavy atom. The third kappa shape index (κ3) is 4.00. The largest absolute Gasteiger partial charge is 0.385 e. The first kappa shape index (κ1) is 20.3. The molecule has 0 aromatic heterocycles. The molecule has 1 heterocycles. The Kier molecular flexibility index (Phi) is 5.19. The Hall–Kier alpha value is -3.00. The number of rotatable bonds is 4. The van der Waals surface area contributed by atoms with Crippen LogP contribution < -0.4 is 5.32 Å². The van der Waals surface area contributed by atoms with Gasteiger partial charge in [0.05, 0.1) is 5.60 Å². The van der Waals surface area contributed by atoms with Crippen LogP contribution in [0.4, 0.5) is 5.69 Å². The number of amidine groups is 1. The van der Waals surface area contributed by atoms with Crippen molar-refractivity contribution in [2.24, 2.45) is 15.4 Å². The second-order valence-electron chi connectivity index (χ2n) is 9.17. The number of amides is 1. The van der Waals surface area contributed by atoms with Crippen molar-refractivity contribution in [2.75, 3.05) is 5.32 Å². The molecule has 2 aliphatic carbocycles. The molecule has 1 aromatic carbocycles. The van der Waals surface area contributed by atoms with Crippen molar-refractivity contribution in [1.29, 1.82) is 5.26 Å². The molecule has 0 spiro atoms. The second-order valence-corrected chi connectivity index (χ2v) is 9.17. The van der Waals surface area contributed by atoms with Crippen LogP contribution in [0.1, 0.15) is 69.9 Å². The van der Waals surface area contributed by atoms with Gasteiger partial charge in [-0.05, 0) is 60.8 Å². The first-order valence-electron chi connectivity index (χ1n) is 10.5. The number of carbonyl (C=O) groups is 1. The Balaban J connectivity index is 1.68. The average molecular weight is 402 g/mol. The molecule has 0 radical (unpaired) electrons. The van der Waals surface area contributed by atoms with Gasteiger partial charge in [0.2, 0.25) is 11.5 Å². The van der Waals surface area contributed by atoms with E-state index in [1.54, 1.807) is 0 Å². The van der Waals surface area contributed by atoms with E-state index in [0.29, 0.717) is 5.69 Å². The minimum absolute atomic E-state index is 0.00334. The third-order valence-corrected chi connectivity index (χ3v) is 6.35. The highest BCUT2D eigenvalue weighted by atomic mass is 16.3. The van der Waals surface area contributed by atoms with Crippen LogP contribution in [0.5, 0.6) is 0 Å². The highest BCUT2D eigenvalue weighted by Gasteiger charge is 2.34. The van der Waals surface area contributed by atoms with Gasteiger partial charge < -0.3 is 10.4 Å². The number of hydrogen-bond acceptors (Lipinski definition) is 5. The molecule has 1 aromatic rings. The Labute approximate surface area is 176 Å². The van der Waals surface area contributed by atoms with Gasteiger partial charge in [0, 0.05) is 17.1 Å². The van der Waals surface area contributed by atoms with Crippen LogP contribution in [-0.2, 0) is 10.4 Å². The van der Waals surface area contributed by atoms with Crippen LogP contribution >= 0.6 is 0 Å². The maximum absolute atomic E-state index is 12.7. The fourth-order valence-corrected chi connectivity index (χ4v) is 4.37. The fraction of sp³-hybridized carbons (Fsp3) is 0.458. The summed E-state index contributed by atoms with van der Waals surface area (Å²) in [4.78, 5) is 20.3. The minimum atomic E-state index is -0.794. The molecule has 1 aliphatic heterocycles. The Morgan fingerprint density at radius 3 is 2.67 bits per heavy atom. The lowest BCUT2D eigenvalue weighted by atomic mass is 9.76. The maximum atomic E-state index is 12.7. The predicted octanol–water partition coefficient (Wildman–Crippen LogP) is 4.47. The summed E-state index contributed by atoms with van der Waals surface area (Å²) < 4.78 is 0. The van der Waals surface area contributed by atoms with E-state index in [1.165, 1.54) is 5.57 Å². The Bertz CT molecular complexity index is 1060. The summed E-state index contributed by atoms with van der Waals surface area (Å²) in [6.45, 7) is 4.52. The highest BCUT2D eigenvalue weighted by molar-refractivity contribution is 6.44. The SMILES string of the molecule is CC1(C)CC=C(c2cc(C3(O)CCCC3)ccc2NC(=O)C2=NC(C#N)=C=N2)CC1. The lowest BCUT2D eigenvalue weighted by molar-refractivity contribution is -0.110. The molecular formula is C24H26N4O2. The van der Waals surface area contributed by atoms with E-state index in [2.05, 4.69) is 41.1 Å². The molecule has 0 unspecified atom stereocenters. The number of benzene rings is 1. The molecule has 0 saturated heterocycles. The van der Waals surface area contributed by atoms with Crippen LogP contribution in [0.2, 0.25) is 0 Å². The van der Waals surface area contributed by atoms with E-state index in [-0.39, 0.29) is 16.9 Å². The number of hydrogen-bond donors (Lipinski definition) is 2. The van der Waals surface area contributed by atoms with Crippen LogP contribution in [0, 0.1) is 16.7 Å². The van der Waals surface area contributed by atoms with Crippen molar-refractivity contribution in [1.82, 2.24) is 0 Å². The van der Waals surface area contributed by atoms with Crippen LogP contribution in [-0.4, -0.2) is 22.7 Å². The molecule has 0 bridgehead atoms. The zero-order chi connectivity index (χ0) is 21.4. The molecule has 6 heteroatoms. The van der Waals surface area contributed by atoms with E-state index in [9.17, 15) is 9.90 Å². The van der Waals surface area contributed by atoms with Crippen LogP contribution in [0.15, 0.2) is 40.0 Å². The van der Waals surface area contributed by atoms with Gasteiger partial charge in [-0.1, -0.05) is 38.8 Å². The standard InChI is InChI=1S/C24H26N4O2/c1-23(2)11-7-16(8-12-23)19-13-17(24(30)9-3-4-10-24)5-6-20(19)28-22(29)21-26-15-18(14-25)27-21/h5-7,13,30H,3-4,8-12H2,1-2H3,(H,28,29). The van der Waals surface area contributed by atoms with Gasteiger partial charge in [-0.25, -0.2) is 4.99 Å². The summed E-state index contributed by atoms with van der Waals surface area (Å²) >= 11 is 0. The molecule has 30 heavy (non-hydrogen) atoms. The molecule has 3 aliphatic rings. The van der Waals surface area contributed by atoms with E-state index in [4.69, 9.17) is 5.26 Å². The van der Waals surface area contributed by atoms with E-state index in [1.807, 2.05) is 24.3 Å². The molecule has 1 saturated carbocycles. The second kappa shape index (κ2) is 7.68. The lowest BCUT2D eigenvalue weighted by Crippen LogP contribution is -2.24. The van der Waals surface area contributed by atoms with E-state index < -0.39 is 11.5 Å².